The van der Waals surface area contributed by atoms with Crippen LogP contribution in [0.15, 0.2) is 42.5 Å². The van der Waals surface area contributed by atoms with Crippen molar-refractivity contribution in [1.29, 1.82) is 0 Å². The van der Waals surface area contributed by atoms with Crippen molar-refractivity contribution in [2.24, 2.45) is 0 Å². The molecule has 1 atom stereocenters. The number of ether oxygens (including phenoxy) is 2. The number of nitro benzene ring substituents is 1. The van der Waals surface area contributed by atoms with Gasteiger partial charge in [0.05, 0.1) is 12.0 Å². The number of methoxy groups -OCH3 is 1. The Labute approximate surface area is 150 Å². The summed E-state index contributed by atoms with van der Waals surface area (Å²) in [5, 5.41) is 23.5. The molecule has 0 heterocycles. The fraction of sp³-hybridized carbons (Fsp3) is 0.278. The number of hydrogen-bond donors (Lipinski definition) is 2. The van der Waals surface area contributed by atoms with Crippen molar-refractivity contribution in [2.75, 3.05) is 20.3 Å². The molecule has 0 aliphatic heterocycles. The third-order valence-electron chi connectivity index (χ3n) is 3.66. The van der Waals surface area contributed by atoms with E-state index in [4.69, 9.17) is 9.47 Å². The van der Waals surface area contributed by atoms with Crippen LogP contribution in [-0.4, -0.2) is 42.3 Å². The van der Waals surface area contributed by atoms with E-state index in [2.05, 4.69) is 5.32 Å². The minimum atomic E-state index is -0.924. The van der Waals surface area contributed by atoms with E-state index in [9.17, 15) is 20.0 Å². The average Bonchev–Trinajstić information content (AvgIpc) is 2.64. The van der Waals surface area contributed by atoms with Crippen LogP contribution in [0, 0.1) is 17.0 Å². The van der Waals surface area contributed by atoms with Crippen LogP contribution in [0.25, 0.3) is 0 Å². The lowest BCUT2D eigenvalue weighted by Gasteiger charge is -2.14. The second-order valence-corrected chi connectivity index (χ2v) is 5.58. The SMILES string of the molecule is COc1ccc(C(=O)NCC(O)COc2ccccc2C)cc1[N+](=O)[O-]. The number of para-hydroxylation sites is 1. The van der Waals surface area contributed by atoms with Crippen molar-refractivity contribution in [3.8, 4) is 11.5 Å². The van der Waals surface area contributed by atoms with Crippen LogP contribution >= 0.6 is 0 Å². The lowest BCUT2D eigenvalue weighted by Crippen LogP contribution is -2.35. The van der Waals surface area contributed by atoms with Gasteiger partial charge in [-0.15, -0.1) is 0 Å². The highest BCUT2D eigenvalue weighted by Crippen LogP contribution is 2.27. The van der Waals surface area contributed by atoms with Crippen LogP contribution in [0.1, 0.15) is 15.9 Å². The van der Waals surface area contributed by atoms with E-state index in [0.717, 1.165) is 11.6 Å². The number of nitrogens with one attached hydrogen (secondary N) is 1. The van der Waals surface area contributed by atoms with Gasteiger partial charge in [0.2, 0.25) is 0 Å². The molecule has 138 valence electrons. The van der Waals surface area contributed by atoms with Crippen LogP contribution in [0.2, 0.25) is 0 Å². The van der Waals surface area contributed by atoms with Crippen LogP contribution in [0.3, 0.4) is 0 Å². The summed E-state index contributed by atoms with van der Waals surface area (Å²) in [6, 6.07) is 11.3. The van der Waals surface area contributed by atoms with Crippen LogP contribution in [-0.2, 0) is 0 Å². The number of carbonyl (C=O) groups is 1. The van der Waals surface area contributed by atoms with Gasteiger partial charge in [0.25, 0.3) is 5.91 Å². The Bertz CT molecular complexity index is 793. The molecule has 0 saturated heterocycles. The van der Waals surface area contributed by atoms with Gasteiger partial charge >= 0.3 is 5.69 Å². The standard InChI is InChI=1S/C18H20N2O6/c1-12-5-3-4-6-16(12)26-11-14(21)10-19-18(22)13-7-8-17(25-2)15(9-13)20(23)24/h3-9,14,21H,10-11H2,1-2H3,(H,19,22). The molecule has 0 radical (unpaired) electrons. The third kappa shape index (κ3) is 4.93. The monoisotopic (exact) mass is 360 g/mol. The second-order valence-electron chi connectivity index (χ2n) is 5.58. The van der Waals surface area contributed by atoms with E-state index in [1.807, 2.05) is 25.1 Å². The van der Waals surface area contributed by atoms with E-state index in [0.29, 0.717) is 5.75 Å². The number of nitrogens with zero attached hydrogens (tertiary/aromatic N) is 1. The normalized spacial score (nSPS) is 11.5. The molecule has 0 aliphatic rings. The van der Waals surface area contributed by atoms with Gasteiger partial charge in [0.15, 0.2) is 5.75 Å². The Morgan fingerprint density at radius 2 is 2.00 bits per heavy atom. The van der Waals surface area contributed by atoms with Crippen molar-refractivity contribution in [3.05, 3.63) is 63.7 Å². The molecule has 0 aliphatic carbocycles. The summed E-state index contributed by atoms with van der Waals surface area (Å²) >= 11 is 0. The highest BCUT2D eigenvalue weighted by atomic mass is 16.6. The first-order valence-corrected chi connectivity index (χ1v) is 7.89. The molecule has 8 nitrogen and oxygen atoms in total. The number of hydrogen-bond acceptors (Lipinski definition) is 6. The first-order chi connectivity index (χ1) is 12.4. The highest BCUT2D eigenvalue weighted by molar-refractivity contribution is 5.95. The Balaban J connectivity index is 1.90. The second kappa shape index (κ2) is 8.82. The number of amides is 1. The number of rotatable bonds is 8. The zero-order chi connectivity index (χ0) is 19.1. The summed E-state index contributed by atoms with van der Waals surface area (Å²) in [5.41, 5.74) is 0.738. The van der Waals surface area contributed by atoms with Gasteiger partial charge in [-0.3, -0.25) is 14.9 Å². The Hall–Kier alpha value is -3.13. The minimum absolute atomic E-state index is 0.00783. The molecule has 2 rings (SSSR count). The van der Waals surface area contributed by atoms with Gasteiger partial charge in [-0.2, -0.15) is 0 Å². The predicted octanol–water partition coefficient (Wildman–Crippen LogP) is 2.08. The zero-order valence-electron chi connectivity index (χ0n) is 14.5. The fourth-order valence-electron chi connectivity index (χ4n) is 2.25. The highest BCUT2D eigenvalue weighted by Gasteiger charge is 2.18. The number of aliphatic hydroxyl groups excluding tert-OH is 1. The Morgan fingerprint density at radius 3 is 2.65 bits per heavy atom. The minimum Gasteiger partial charge on any atom is -0.491 e. The van der Waals surface area contributed by atoms with Crippen molar-refractivity contribution in [3.63, 3.8) is 0 Å². The molecule has 0 aromatic heterocycles. The van der Waals surface area contributed by atoms with Gasteiger partial charge in [0, 0.05) is 18.2 Å². The molecular formula is C18H20N2O6. The molecule has 1 amide bonds. The topological polar surface area (TPSA) is 111 Å². The first-order valence-electron chi connectivity index (χ1n) is 7.89. The van der Waals surface area contributed by atoms with Gasteiger partial charge in [-0.1, -0.05) is 18.2 Å². The van der Waals surface area contributed by atoms with E-state index in [-0.39, 0.29) is 30.2 Å². The molecule has 2 aromatic carbocycles. The van der Waals surface area contributed by atoms with Gasteiger partial charge < -0.3 is 19.9 Å². The Kier molecular flexibility index (Phi) is 6.51. The summed E-state index contributed by atoms with van der Waals surface area (Å²) in [5.74, 6) is 0.188. The number of benzene rings is 2. The van der Waals surface area contributed by atoms with Gasteiger partial charge in [-0.25, -0.2) is 0 Å². The summed E-state index contributed by atoms with van der Waals surface area (Å²) in [6.45, 7) is 1.85. The van der Waals surface area contributed by atoms with E-state index < -0.39 is 16.9 Å². The average molecular weight is 360 g/mol. The van der Waals surface area contributed by atoms with Gasteiger partial charge in [0.1, 0.15) is 18.5 Å². The predicted molar refractivity (Wildman–Crippen MR) is 94.7 cm³/mol. The summed E-state index contributed by atoms with van der Waals surface area (Å²) in [6.07, 6.45) is -0.924. The smallest absolute Gasteiger partial charge is 0.311 e. The number of carbonyl (C=O) groups excluding carboxylic acids is 1. The maximum absolute atomic E-state index is 12.1. The van der Waals surface area contributed by atoms with Crippen molar-refractivity contribution in [2.45, 2.75) is 13.0 Å². The molecule has 0 bridgehead atoms. The Morgan fingerprint density at radius 1 is 1.27 bits per heavy atom. The van der Waals surface area contributed by atoms with E-state index in [1.54, 1.807) is 6.07 Å². The maximum atomic E-state index is 12.1. The lowest BCUT2D eigenvalue weighted by atomic mass is 10.1. The zero-order valence-corrected chi connectivity index (χ0v) is 14.5. The van der Waals surface area contributed by atoms with Crippen molar-refractivity contribution >= 4 is 11.6 Å². The molecule has 8 heteroatoms. The van der Waals surface area contributed by atoms with Crippen molar-refractivity contribution < 1.29 is 24.3 Å². The molecule has 1 unspecified atom stereocenters. The first kappa shape index (κ1) is 19.2. The molecular weight excluding hydrogens is 340 g/mol. The number of aliphatic hydroxyl groups is 1. The quantitative estimate of drug-likeness (QED) is 0.551. The van der Waals surface area contributed by atoms with Crippen LogP contribution in [0.4, 0.5) is 5.69 Å². The van der Waals surface area contributed by atoms with Crippen LogP contribution < -0.4 is 14.8 Å². The number of aryl methyl sites for hydroxylation is 1. The van der Waals surface area contributed by atoms with E-state index >= 15 is 0 Å². The molecule has 0 spiro atoms. The molecule has 0 fully saturated rings. The summed E-state index contributed by atoms with van der Waals surface area (Å²) in [7, 11) is 1.31. The van der Waals surface area contributed by atoms with Crippen molar-refractivity contribution in [1.82, 2.24) is 5.32 Å². The van der Waals surface area contributed by atoms with Crippen LogP contribution in [0.5, 0.6) is 11.5 Å². The van der Waals surface area contributed by atoms with E-state index in [1.165, 1.54) is 19.2 Å². The summed E-state index contributed by atoms with van der Waals surface area (Å²) in [4.78, 5) is 22.5. The molecule has 2 aromatic rings. The molecule has 2 N–H and O–H groups in total. The largest absolute Gasteiger partial charge is 0.491 e. The van der Waals surface area contributed by atoms with Gasteiger partial charge in [-0.05, 0) is 30.7 Å². The maximum Gasteiger partial charge on any atom is 0.311 e. The number of nitro groups is 1. The lowest BCUT2D eigenvalue weighted by molar-refractivity contribution is -0.385. The molecule has 0 saturated carbocycles. The summed E-state index contributed by atoms with van der Waals surface area (Å²) < 4.78 is 10.4. The third-order valence-corrected chi connectivity index (χ3v) is 3.66. The fourth-order valence-corrected chi connectivity index (χ4v) is 2.25. The molecule has 26 heavy (non-hydrogen) atoms.